The molecule has 0 spiro atoms. The number of ether oxygens (including phenoxy) is 2. The van der Waals surface area contributed by atoms with Crippen LogP contribution >= 0.6 is 11.3 Å². The first-order valence-electron chi connectivity index (χ1n) is 3.62. The van der Waals surface area contributed by atoms with Crippen molar-refractivity contribution in [3.8, 4) is 11.5 Å². The quantitative estimate of drug-likeness (QED) is 0.615. The summed E-state index contributed by atoms with van der Waals surface area (Å²) in [6, 6.07) is 7.10. The highest BCUT2D eigenvalue weighted by atomic mass is 32.1. The van der Waals surface area contributed by atoms with Crippen LogP contribution in [-0.4, -0.2) is 6.79 Å². The summed E-state index contributed by atoms with van der Waals surface area (Å²) in [5.74, 6) is 1.68. The Bertz CT molecular complexity index is 395. The molecule has 0 saturated heterocycles. The molecule has 1 aromatic heterocycles. The first kappa shape index (κ1) is 6.31. The van der Waals surface area contributed by atoms with Crippen LogP contribution in [0.1, 0.15) is 0 Å². The molecule has 0 amide bonds. The largest absolute Gasteiger partial charge is 0.454 e. The second-order valence-corrected chi connectivity index (χ2v) is 3.49. The first-order valence-corrected chi connectivity index (χ1v) is 4.50. The summed E-state index contributed by atoms with van der Waals surface area (Å²) in [6.07, 6.45) is 0. The minimum atomic E-state index is 0.340. The zero-order valence-electron chi connectivity index (χ0n) is 6.16. The van der Waals surface area contributed by atoms with Crippen LogP contribution in [0.3, 0.4) is 0 Å². The Morgan fingerprint density at radius 3 is 3.00 bits per heavy atom. The molecular weight excluding hydrogens is 172 g/mol. The van der Waals surface area contributed by atoms with Crippen LogP contribution in [0, 0.1) is 6.07 Å². The van der Waals surface area contributed by atoms with Gasteiger partial charge in [-0.25, -0.2) is 0 Å². The Kier molecular flexibility index (Phi) is 1.12. The third kappa shape index (κ3) is 0.741. The van der Waals surface area contributed by atoms with Gasteiger partial charge in [-0.3, -0.25) is 0 Å². The zero-order chi connectivity index (χ0) is 7.97. The van der Waals surface area contributed by atoms with Crippen molar-refractivity contribution < 1.29 is 9.47 Å². The lowest BCUT2D eigenvalue weighted by molar-refractivity contribution is 0.174. The number of rotatable bonds is 0. The standard InChI is InChI=1S/C9H5O2S/c1-2-12-9-4-8-7(3-6(1)9)10-5-11-8/h2-4H,5H2. The van der Waals surface area contributed by atoms with E-state index in [1.54, 1.807) is 11.3 Å². The summed E-state index contributed by atoms with van der Waals surface area (Å²) < 4.78 is 11.7. The minimum absolute atomic E-state index is 0.340. The molecule has 12 heavy (non-hydrogen) atoms. The monoisotopic (exact) mass is 177 g/mol. The predicted octanol–water partition coefficient (Wildman–Crippen LogP) is 2.43. The number of thiophene rings is 1. The molecule has 0 unspecified atom stereocenters. The summed E-state index contributed by atoms with van der Waals surface area (Å²) in [6.45, 7) is 0.340. The third-order valence-electron chi connectivity index (χ3n) is 1.88. The van der Waals surface area contributed by atoms with Crippen molar-refractivity contribution in [1.82, 2.24) is 0 Å². The van der Waals surface area contributed by atoms with Crippen LogP contribution in [0.25, 0.3) is 10.1 Å². The second-order valence-electron chi connectivity index (χ2n) is 2.58. The smallest absolute Gasteiger partial charge is 0.231 e. The van der Waals surface area contributed by atoms with Crippen LogP contribution in [0.5, 0.6) is 11.5 Å². The summed E-state index contributed by atoms with van der Waals surface area (Å²) in [5.41, 5.74) is 0. The summed E-state index contributed by atoms with van der Waals surface area (Å²) in [5, 5.41) is 3.05. The van der Waals surface area contributed by atoms with Gasteiger partial charge in [0.25, 0.3) is 0 Å². The van der Waals surface area contributed by atoms with Crippen molar-refractivity contribution >= 4 is 21.4 Å². The van der Waals surface area contributed by atoms with E-state index in [0.717, 1.165) is 16.9 Å². The molecule has 1 aromatic carbocycles. The van der Waals surface area contributed by atoms with Crippen molar-refractivity contribution in [1.29, 1.82) is 0 Å². The second kappa shape index (κ2) is 2.14. The fourth-order valence-corrected chi connectivity index (χ4v) is 2.02. The Balaban J connectivity index is 2.38. The Hall–Kier alpha value is -1.22. The molecule has 1 aliphatic rings. The molecule has 0 fully saturated rings. The molecule has 2 aromatic rings. The lowest BCUT2D eigenvalue weighted by Crippen LogP contribution is -1.92. The van der Waals surface area contributed by atoms with Crippen LogP contribution in [-0.2, 0) is 0 Å². The average Bonchev–Trinajstić information content (AvgIpc) is 2.64. The highest BCUT2D eigenvalue weighted by Gasteiger charge is 2.13. The van der Waals surface area contributed by atoms with E-state index in [1.165, 1.54) is 4.70 Å². The molecule has 2 heterocycles. The first-order chi connectivity index (χ1) is 5.93. The van der Waals surface area contributed by atoms with Crippen LogP contribution < -0.4 is 9.47 Å². The van der Waals surface area contributed by atoms with Gasteiger partial charge in [0.2, 0.25) is 6.79 Å². The summed E-state index contributed by atoms with van der Waals surface area (Å²) in [7, 11) is 0. The molecule has 1 radical (unpaired) electrons. The fraction of sp³-hybridized carbons (Fsp3) is 0.111. The van der Waals surface area contributed by atoms with Crippen LogP contribution in [0.15, 0.2) is 17.5 Å². The highest BCUT2D eigenvalue weighted by molar-refractivity contribution is 7.17. The molecule has 3 rings (SSSR count). The molecule has 0 aliphatic carbocycles. The number of hydrogen-bond acceptors (Lipinski definition) is 3. The molecular formula is C9H5O2S. The lowest BCUT2D eigenvalue weighted by atomic mass is 10.2. The van der Waals surface area contributed by atoms with Crippen molar-refractivity contribution in [3.05, 3.63) is 23.6 Å². The fourth-order valence-electron chi connectivity index (χ4n) is 1.29. The molecule has 2 nitrogen and oxygen atoms in total. The number of benzene rings is 1. The maximum atomic E-state index is 5.25. The van der Waals surface area contributed by atoms with Gasteiger partial charge < -0.3 is 9.47 Å². The van der Waals surface area contributed by atoms with E-state index >= 15 is 0 Å². The van der Waals surface area contributed by atoms with Gasteiger partial charge in [0.15, 0.2) is 11.5 Å². The molecule has 0 saturated carbocycles. The van der Waals surface area contributed by atoms with Crippen molar-refractivity contribution in [2.45, 2.75) is 0 Å². The van der Waals surface area contributed by atoms with Crippen LogP contribution in [0.4, 0.5) is 0 Å². The normalized spacial score (nSPS) is 14.0. The zero-order valence-corrected chi connectivity index (χ0v) is 6.98. The van der Waals surface area contributed by atoms with Crippen molar-refractivity contribution in [2.24, 2.45) is 0 Å². The lowest BCUT2D eigenvalue weighted by Gasteiger charge is -1.94. The molecule has 59 valence electrons. The number of fused-ring (bicyclic) bond motifs is 2. The summed E-state index contributed by atoms with van der Waals surface area (Å²) in [4.78, 5) is 0. The maximum Gasteiger partial charge on any atom is 0.231 e. The molecule has 0 atom stereocenters. The van der Waals surface area contributed by atoms with Gasteiger partial charge in [-0.05, 0) is 11.4 Å². The number of hydrogen-bond donors (Lipinski definition) is 0. The minimum Gasteiger partial charge on any atom is -0.454 e. The highest BCUT2D eigenvalue weighted by Crippen LogP contribution is 2.37. The van der Waals surface area contributed by atoms with Crippen molar-refractivity contribution in [2.75, 3.05) is 6.79 Å². The van der Waals surface area contributed by atoms with Gasteiger partial charge in [0, 0.05) is 22.2 Å². The average molecular weight is 177 g/mol. The molecule has 1 aliphatic heterocycles. The van der Waals surface area contributed by atoms with Gasteiger partial charge in [0.05, 0.1) is 0 Å². The Morgan fingerprint density at radius 1 is 1.25 bits per heavy atom. The molecule has 0 N–H and O–H groups in total. The van der Waals surface area contributed by atoms with Crippen LogP contribution in [0.2, 0.25) is 0 Å². The van der Waals surface area contributed by atoms with E-state index in [-0.39, 0.29) is 0 Å². The SMILES string of the molecule is [c]1csc2cc3c(cc12)OCO3. The molecule has 3 heteroatoms. The van der Waals surface area contributed by atoms with E-state index in [0.29, 0.717) is 6.79 Å². The maximum absolute atomic E-state index is 5.25. The molecule has 0 bridgehead atoms. The van der Waals surface area contributed by atoms with E-state index in [4.69, 9.17) is 9.47 Å². The Morgan fingerprint density at radius 2 is 2.08 bits per heavy atom. The predicted molar refractivity (Wildman–Crippen MR) is 46.8 cm³/mol. The van der Waals surface area contributed by atoms with Gasteiger partial charge in [-0.15, -0.1) is 11.3 Å². The van der Waals surface area contributed by atoms with E-state index in [2.05, 4.69) is 6.07 Å². The van der Waals surface area contributed by atoms with E-state index in [1.807, 2.05) is 17.5 Å². The van der Waals surface area contributed by atoms with Gasteiger partial charge in [-0.2, -0.15) is 0 Å². The topological polar surface area (TPSA) is 18.5 Å². The van der Waals surface area contributed by atoms with E-state index < -0.39 is 0 Å². The Labute approximate surface area is 73.3 Å². The summed E-state index contributed by atoms with van der Waals surface area (Å²) >= 11 is 1.66. The van der Waals surface area contributed by atoms with E-state index in [9.17, 15) is 0 Å². The van der Waals surface area contributed by atoms with Gasteiger partial charge in [-0.1, -0.05) is 0 Å². The van der Waals surface area contributed by atoms with Crippen molar-refractivity contribution in [3.63, 3.8) is 0 Å². The third-order valence-corrected chi connectivity index (χ3v) is 2.70. The van der Waals surface area contributed by atoms with Gasteiger partial charge in [0.1, 0.15) is 0 Å². The van der Waals surface area contributed by atoms with Gasteiger partial charge >= 0.3 is 0 Å².